The highest BCUT2D eigenvalue weighted by Crippen LogP contribution is 2.36. The van der Waals surface area contributed by atoms with Crippen molar-refractivity contribution in [3.05, 3.63) is 34.9 Å². The van der Waals surface area contributed by atoms with Crippen LogP contribution in [0.3, 0.4) is 0 Å². The van der Waals surface area contributed by atoms with Gasteiger partial charge in [0.05, 0.1) is 0 Å². The number of rotatable bonds is 5. The predicted octanol–water partition coefficient (Wildman–Crippen LogP) is 2.89. The minimum absolute atomic E-state index is 0.0200. The van der Waals surface area contributed by atoms with Gasteiger partial charge in [-0.1, -0.05) is 37.6 Å². The monoisotopic (exact) mass is 279 g/mol. The number of hydrogen-bond donors (Lipinski definition) is 2. The normalized spacial score (nSPS) is 15.6. The van der Waals surface area contributed by atoms with Gasteiger partial charge in [-0.05, 0) is 23.6 Å². The van der Waals surface area contributed by atoms with Crippen LogP contribution in [0.4, 0.5) is 0 Å². The van der Waals surface area contributed by atoms with Gasteiger partial charge in [-0.25, -0.2) is 0 Å². The van der Waals surface area contributed by atoms with E-state index in [1.54, 1.807) is 24.3 Å². The van der Waals surface area contributed by atoms with Crippen LogP contribution >= 0.6 is 11.6 Å². The van der Waals surface area contributed by atoms with E-state index in [2.05, 4.69) is 5.92 Å². The first-order valence-electron chi connectivity index (χ1n) is 6.04. The van der Waals surface area contributed by atoms with Crippen LogP contribution in [-0.4, -0.2) is 16.6 Å². The van der Waals surface area contributed by atoms with E-state index < -0.39 is 11.5 Å². The Morgan fingerprint density at radius 3 is 2.37 bits per heavy atom. The quantitative estimate of drug-likeness (QED) is 0.815. The van der Waals surface area contributed by atoms with Gasteiger partial charge in [-0.15, -0.1) is 12.3 Å². The Morgan fingerprint density at radius 1 is 1.47 bits per heavy atom. The summed E-state index contributed by atoms with van der Waals surface area (Å²) in [5.41, 5.74) is 5.45. The average molecular weight is 280 g/mol. The lowest BCUT2D eigenvalue weighted by Crippen LogP contribution is -2.54. The summed E-state index contributed by atoms with van der Waals surface area (Å²) in [6.45, 7) is 3.86. The Bertz CT molecular complexity index is 490. The first kappa shape index (κ1) is 15.6. The van der Waals surface area contributed by atoms with Gasteiger partial charge in [0, 0.05) is 17.4 Å². The minimum atomic E-state index is -1.48. The standard InChI is InChI=1S/C15H18ClNO2/c1-4-9-15(17,14(18)19)13(10(2)3)11-5-7-12(16)8-6-11/h1,5-8,10,13H,9,17H2,2-3H3,(H,18,19). The largest absolute Gasteiger partial charge is 0.480 e. The number of halogens is 1. The van der Waals surface area contributed by atoms with E-state index in [0.717, 1.165) is 5.56 Å². The zero-order valence-corrected chi connectivity index (χ0v) is 11.8. The Morgan fingerprint density at radius 2 is 2.00 bits per heavy atom. The number of aliphatic carboxylic acids is 1. The number of nitrogens with two attached hydrogens (primary N) is 1. The van der Waals surface area contributed by atoms with E-state index >= 15 is 0 Å². The summed E-state index contributed by atoms with van der Waals surface area (Å²) in [7, 11) is 0. The first-order valence-corrected chi connectivity index (χ1v) is 6.42. The summed E-state index contributed by atoms with van der Waals surface area (Å²) in [5, 5.41) is 10.1. The number of hydrogen-bond acceptors (Lipinski definition) is 2. The van der Waals surface area contributed by atoms with Gasteiger partial charge >= 0.3 is 5.97 Å². The minimum Gasteiger partial charge on any atom is -0.480 e. The summed E-state index contributed by atoms with van der Waals surface area (Å²) in [6.07, 6.45) is 5.26. The van der Waals surface area contributed by atoms with Gasteiger partial charge < -0.3 is 10.8 Å². The molecule has 0 aliphatic rings. The Hall–Kier alpha value is -1.50. The zero-order chi connectivity index (χ0) is 14.6. The zero-order valence-electron chi connectivity index (χ0n) is 11.1. The molecule has 0 aliphatic carbocycles. The molecule has 0 radical (unpaired) electrons. The van der Waals surface area contributed by atoms with Crippen molar-refractivity contribution >= 4 is 17.6 Å². The molecule has 2 atom stereocenters. The van der Waals surface area contributed by atoms with Gasteiger partial charge in [-0.2, -0.15) is 0 Å². The van der Waals surface area contributed by atoms with E-state index in [1.807, 2.05) is 13.8 Å². The molecule has 0 bridgehead atoms. The maximum absolute atomic E-state index is 11.6. The van der Waals surface area contributed by atoms with Crippen LogP contribution in [0.15, 0.2) is 24.3 Å². The molecule has 0 saturated heterocycles. The molecular weight excluding hydrogens is 262 g/mol. The van der Waals surface area contributed by atoms with Crippen molar-refractivity contribution in [1.29, 1.82) is 0 Å². The maximum atomic E-state index is 11.6. The highest BCUT2D eigenvalue weighted by atomic mass is 35.5. The fourth-order valence-electron chi connectivity index (χ4n) is 2.43. The summed E-state index contributed by atoms with van der Waals surface area (Å²) < 4.78 is 0. The van der Waals surface area contributed by atoms with E-state index in [4.69, 9.17) is 23.8 Å². The van der Waals surface area contributed by atoms with Gasteiger partial charge in [0.2, 0.25) is 0 Å². The predicted molar refractivity (Wildman–Crippen MR) is 77.0 cm³/mol. The number of terminal acetylenes is 1. The van der Waals surface area contributed by atoms with E-state index in [-0.39, 0.29) is 18.3 Å². The fraction of sp³-hybridized carbons (Fsp3) is 0.400. The number of carboxylic acids is 1. The average Bonchev–Trinajstić information content (AvgIpc) is 2.31. The lowest BCUT2D eigenvalue weighted by Gasteiger charge is -2.35. The Kier molecular flexibility index (Phi) is 4.99. The van der Waals surface area contributed by atoms with E-state index in [9.17, 15) is 9.90 Å². The smallest absolute Gasteiger partial charge is 0.325 e. The van der Waals surface area contributed by atoms with E-state index in [0.29, 0.717) is 5.02 Å². The second-order valence-electron chi connectivity index (χ2n) is 5.00. The molecule has 0 spiro atoms. The van der Waals surface area contributed by atoms with Gasteiger partial charge in [0.25, 0.3) is 0 Å². The second-order valence-corrected chi connectivity index (χ2v) is 5.44. The SMILES string of the molecule is C#CCC(N)(C(=O)O)C(c1ccc(Cl)cc1)C(C)C. The topological polar surface area (TPSA) is 63.3 Å². The van der Waals surface area contributed by atoms with Crippen LogP contribution in [0.2, 0.25) is 5.02 Å². The number of benzene rings is 1. The molecule has 1 aromatic rings. The molecule has 2 unspecified atom stereocenters. The van der Waals surface area contributed by atoms with Crippen LogP contribution < -0.4 is 5.73 Å². The van der Waals surface area contributed by atoms with Crippen LogP contribution in [0.25, 0.3) is 0 Å². The van der Waals surface area contributed by atoms with Crippen LogP contribution in [0, 0.1) is 18.3 Å². The van der Waals surface area contributed by atoms with Crippen LogP contribution in [-0.2, 0) is 4.79 Å². The molecule has 1 rings (SSSR count). The lowest BCUT2D eigenvalue weighted by molar-refractivity contribution is -0.144. The fourth-order valence-corrected chi connectivity index (χ4v) is 2.56. The van der Waals surface area contributed by atoms with Crippen molar-refractivity contribution in [2.75, 3.05) is 0 Å². The van der Waals surface area contributed by atoms with Crippen molar-refractivity contribution in [1.82, 2.24) is 0 Å². The highest BCUT2D eigenvalue weighted by molar-refractivity contribution is 6.30. The molecule has 0 saturated carbocycles. The van der Waals surface area contributed by atoms with Gasteiger partial charge in [0.1, 0.15) is 5.54 Å². The van der Waals surface area contributed by atoms with Crippen molar-refractivity contribution in [2.24, 2.45) is 11.7 Å². The molecule has 102 valence electrons. The summed E-state index contributed by atoms with van der Waals surface area (Å²) >= 11 is 5.85. The molecule has 3 N–H and O–H groups in total. The Labute approximate surface area is 118 Å². The maximum Gasteiger partial charge on any atom is 0.325 e. The first-order chi connectivity index (χ1) is 8.82. The van der Waals surface area contributed by atoms with Crippen molar-refractivity contribution in [3.8, 4) is 12.3 Å². The van der Waals surface area contributed by atoms with Crippen LogP contribution in [0.5, 0.6) is 0 Å². The lowest BCUT2D eigenvalue weighted by atomic mass is 9.72. The molecule has 3 nitrogen and oxygen atoms in total. The van der Waals surface area contributed by atoms with Crippen molar-refractivity contribution < 1.29 is 9.90 Å². The highest BCUT2D eigenvalue weighted by Gasteiger charge is 2.44. The van der Waals surface area contributed by atoms with Crippen molar-refractivity contribution in [2.45, 2.75) is 31.7 Å². The molecule has 0 fully saturated rings. The number of carboxylic acid groups (broad SMARTS) is 1. The summed E-state index contributed by atoms with van der Waals surface area (Å²) in [4.78, 5) is 11.6. The molecule has 0 amide bonds. The summed E-state index contributed by atoms with van der Waals surface area (Å²) in [5.74, 6) is 0.951. The second kappa shape index (κ2) is 6.10. The van der Waals surface area contributed by atoms with Gasteiger partial charge in [-0.3, -0.25) is 4.79 Å². The third-order valence-electron chi connectivity index (χ3n) is 3.24. The number of carbonyl (C=O) groups is 1. The third-order valence-corrected chi connectivity index (χ3v) is 3.50. The summed E-state index contributed by atoms with van der Waals surface area (Å²) in [6, 6.07) is 7.05. The molecule has 4 heteroatoms. The van der Waals surface area contributed by atoms with Gasteiger partial charge in [0.15, 0.2) is 0 Å². The molecular formula is C15H18ClNO2. The molecule has 0 aliphatic heterocycles. The molecule has 1 aromatic carbocycles. The van der Waals surface area contributed by atoms with E-state index in [1.165, 1.54) is 0 Å². The molecule has 0 heterocycles. The Balaban J connectivity index is 3.30. The third kappa shape index (κ3) is 3.28. The molecule has 0 aromatic heterocycles. The molecule has 19 heavy (non-hydrogen) atoms. The van der Waals surface area contributed by atoms with Crippen LogP contribution in [0.1, 0.15) is 31.7 Å². The van der Waals surface area contributed by atoms with Crippen molar-refractivity contribution in [3.63, 3.8) is 0 Å².